The van der Waals surface area contributed by atoms with Gasteiger partial charge in [0.25, 0.3) is 0 Å². The Labute approximate surface area is 209 Å². The van der Waals surface area contributed by atoms with Crippen LogP contribution in [-0.4, -0.2) is 59.9 Å². The van der Waals surface area contributed by atoms with Crippen LogP contribution < -0.4 is 5.32 Å². The maximum absolute atomic E-state index is 10.3. The van der Waals surface area contributed by atoms with Crippen molar-refractivity contribution in [2.75, 3.05) is 33.5 Å². The summed E-state index contributed by atoms with van der Waals surface area (Å²) >= 11 is 7.80. The molecule has 0 fully saturated rings. The average Bonchev–Trinajstić information content (AvgIpc) is 3.25. The maximum Gasteiger partial charge on any atom is 0.216 e. The van der Waals surface area contributed by atoms with Crippen LogP contribution >= 0.6 is 22.9 Å². The Bertz CT molecular complexity index is 1150. The number of hydrogen-bond acceptors (Lipinski definition) is 7. The summed E-state index contributed by atoms with van der Waals surface area (Å²) < 4.78 is 12.0. The van der Waals surface area contributed by atoms with Crippen LogP contribution in [0.3, 0.4) is 0 Å². The van der Waals surface area contributed by atoms with Gasteiger partial charge >= 0.3 is 0 Å². The van der Waals surface area contributed by atoms with E-state index in [0.717, 1.165) is 32.9 Å². The Balaban J connectivity index is 0.000000252. The van der Waals surface area contributed by atoms with E-state index < -0.39 is 0 Å². The molecule has 0 aliphatic carbocycles. The highest BCUT2D eigenvalue weighted by Crippen LogP contribution is 2.36. The van der Waals surface area contributed by atoms with Crippen molar-refractivity contribution in [2.24, 2.45) is 4.99 Å². The summed E-state index contributed by atoms with van der Waals surface area (Å²) in [6.45, 7) is 10.6. The van der Waals surface area contributed by atoms with E-state index in [4.69, 9.17) is 26.1 Å². The highest BCUT2D eigenvalue weighted by atomic mass is 35.5. The summed E-state index contributed by atoms with van der Waals surface area (Å²) in [5, 5.41) is 13.0. The highest BCUT2D eigenvalue weighted by Gasteiger charge is 2.26. The van der Waals surface area contributed by atoms with Crippen LogP contribution in [0.5, 0.6) is 0 Å². The molecule has 0 spiro atoms. The number of amides is 1. The number of fused-ring (bicyclic) bond motifs is 3. The van der Waals surface area contributed by atoms with Crippen molar-refractivity contribution in [3.05, 3.63) is 62.5 Å². The molecule has 0 unspecified atom stereocenters. The second-order valence-corrected chi connectivity index (χ2v) is 9.36. The number of nitrogens with one attached hydrogen (secondary N) is 1. The Morgan fingerprint density at radius 1 is 1.15 bits per heavy atom. The second kappa shape index (κ2) is 12.2. The molecule has 1 aliphatic rings. The van der Waals surface area contributed by atoms with Gasteiger partial charge in [-0.05, 0) is 38.5 Å². The topological polar surface area (TPSA) is 90.6 Å². The number of benzene rings is 1. The van der Waals surface area contributed by atoms with E-state index in [0.29, 0.717) is 32.9 Å². The molecule has 1 N–H and O–H groups in total. The Morgan fingerprint density at radius 2 is 1.88 bits per heavy atom. The fourth-order valence-corrected chi connectivity index (χ4v) is 4.79. The maximum atomic E-state index is 10.3. The smallest absolute Gasteiger partial charge is 0.216 e. The number of rotatable bonds is 7. The van der Waals surface area contributed by atoms with Crippen molar-refractivity contribution < 1.29 is 14.3 Å². The zero-order valence-electron chi connectivity index (χ0n) is 20.1. The number of halogens is 1. The molecule has 0 atom stereocenters. The van der Waals surface area contributed by atoms with Crippen LogP contribution in [0.2, 0.25) is 5.02 Å². The van der Waals surface area contributed by atoms with Gasteiger partial charge in [-0.25, -0.2) is 0 Å². The van der Waals surface area contributed by atoms with Crippen LogP contribution in [0.4, 0.5) is 0 Å². The summed E-state index contributed by atoms with van der Waals surface area (Å²) in [7, 11) is 1.62. The number of carbonyl (C=O) groups excluding carboxylic acids is 1. The first-order valence-electron chi connectivity index (χ1n) is 11.0. The minimum atomic E-state index is -0.0275. The van der Waals surface area contributed by atoms with E-state index in [2.05, 4.69) is 33.9 Å². The summed E-state index contributed by atoms with van der Waals surface area (Å²) in [4.78, 5) is 16.5. The van der Waals surface area contributed by atoms with E-state index in [-0.39, 0.29) is 5.91 Å². The summed E-state index contributed by atoms with van der Waals surface area (Å²) in [5.41, 5.74) is 4.52. The molecule has 3 heterocycles. The van der Waals surface area contributed by atoms with Gasteiger partial charge in [0.1, 0.15) is 17.4 Å². The van der Waals surface area contributed by atoms with Gasteiger partial charge in [0.15, 0.2) is 5.82 Å². The van der Waals surface area contributed by atoms with E-state index in [9.17, 15) is 4.79 Å². The number of thiophene rings is 1. The van der Waals surface area contributed by atoms with Gasteiger partial charge in [-0.15, -0.1) is 21.5 Å². The number of aryl methyl sites for hydroxylation is 2. The SMILES string of the molecule is COCCOCCNC(C)=O.Cc1sc2c(c1C)C(c1ccc(Cl)cc1)=NCc1nnc(C)n1-2. The molecule has 34 heavy (non-hydrogen) atoms. The summed E-state index contributed by atoms with van der Waals surface area (Å²) in [6.07, 6.45) is 0. The number of aromatic nitrogens is 3. The molecule has 3 aromatic rings. The van der Waals surface area contributed by atoms with Crippen LogP contribution in [-0.2, 0) is 20.8 Å². The van der Waals surface area contributed by atoms with Gasteiger partial charge in [-0.2, -0.15) is 0 Å². The Morgan fingerprint density at radius 3 is 2.56 bits per heavy atom. The Kier molecular flexibility index (Phi) is 9.35. The highest BCUT2D eigenvalue weighted by molar-refractivity contribution is 7.15. The number of ether oxygens (including phenoxy) is 2. The molecule has 8 nitrogen and oxygen atoms in total. The van der Waals surface area contributed by atoms with Gasteiger partial charge in [-0.1, -0.05) is 23.7 Å². The molecule has 1 amide bonds. The first kappa shape index (κ1) is 26.0. The molecular formula is C24H30ClN5O3S. The fraction of sp³-hybridized carbons (Fsp3) is 0.417. The minimum absolute atomic E-state index is 0.0275. The van der Waals surface area contributed by atoms with Crippen LogP contribution in [0.25, 0.3) is 5.00 Å². The molecule has 10 heteroatoms. The van der Waals surface area contributed by atoms with Crippen molar-refractivity contribution >= 4 is 34.6 Å². The van der Waals surface area contributed by atoms with Crippen LogP contribution in [0.1, 0.15) is 40.1 Å². The fourth-order valence-electron chi connectivity index (χ4n) is 3.43. The first-order valence-corrected chi connectivity index (χ1v) is 12.2. The van der Waals surface area contributed by atoms with E-state index >= 15 is 0 Å². The lowest BCUT2D eigenvalue weighted by Gasteiger charge is -2.09. The molecule has 0 saturated carbocycles. The van der Waals surface area contributed by atoms with Crippen molar-refractivity contribution in [3.8, 4) is 5.00 Å². The lowest BCUT2D eigenvalue weighted by molar-refractivity contribution is -0.119. The second-order valence-electron chi connectivity index (χ2n) is 7.72. The van der Waals surface area contributed by atoms with Crippen LogP contribution in [0, 0.1) is 20.8 Å². The van der Waals surface area contributed by atoms with Crippen molar-refractivity contribution in [1.29, 1.82) is 0 Å². The van der Waals surface area contributed by atoms with Gasteiger partial charge < -0.3 is 14.8 Å². The quantitative estimate of drug-likeness (QED) is 0.491. The molecule has 2 aromatic heterocycles. The zero-order valence-corrected chi connectivity index (χ0v) is 21.7. The predicted octanol–water partition coefficient (Wildman–Crippen LogP) is 4.04. The third-order valence-corrected chi connectivity index (χ3v) is 6.69. The van der Waals surface area contributed by atoms with E-state index in [1.54, 1.807) is 18.4 Å². The van der Waals surface area contributed by atoms with Crippen LogP contribution in [0.15, 0.2) is 29.3 Å². The number of nitrogens with zero attached hydrogens (tertiary/aromatic N) is 4. The van der Waals surface area contributed by atoms with Gasteiger partial charge in [-0.3, -0.25) is 14.4 Å². The standard InChI is InChI=1S/C17H15ClN4S.C7H15NO3/c1-9-10(2)23-17-15(9)16(12-4-6-13(18)7-5-12)19-8-14-21-20-11(3)22(14)17;1-7(9)8-3-4-11-6-5-10-2/h4-7H,8H2,1-3H3;3-6H2,1-2H3,(H,8,9). The molecule has 4 rings (SSSR count). The van der Waals surface area contributed by atoms with Gasteiger partial charge in [0.2, 0.25) is 5.91 Å². The third kappa shape index (κ3) is 6.29. The molecule has 1 aromatic carbocycles. The summed E-state index contributed by atoms with van der Waals surface area (Å²) in [5.74, 6) is 1.75. The molecule has 0 radical (unpaired) electrons. The molecular weight excluding hydrogens is 474 g/mol. The zero-order chi connectivity index (χ0) is 24.7. The molecule has 0 saturated heterocycles. The first-order chi connectivity index (χ1) is 16.3. The van der Waals surface area contributed by atoms with Crippen molar-refractivity contribution in [2.45, 2.75) is 34.2 Å². The van der Waals surface area contributed by atoms with Crippen molar-refractivity contribution in [1.82, 2.24) is 20.1 Å². The van der Waals surface area contributed by atoms with E-state index in [1.807, 2.05) is 31.2 Å². The number of carbonyl (C=O) groups is 1. The van der Waals surface area contributed by atoms with E-state index in [1.165, 1.54) is 22.9 Å². The monoisotopic (exact) mass is 503 g/mol. The normalized spacial score (nSPS) is 12.1. The number of aliphatic imine (C=N–C) groups is 1. The lowest BCUT2D eigenvalue weighted by Crippen LogP contribution is -2.24. The number of hydrogen-bond donors (Lipinski definition) is 1. The third-order valence-electron chi connectivity index (χ3n) is 5.25. The van der Waals surface area contributed by atoms with Gasteiger partial charge in [0, 0.05) is 41.6 Å². The lowest BCUT2D eigenvalue weighted by atomic mass is 10.00. The molecule has 182 valence electrons. The average molecular weight is 504 g/mol. The largest absolute Gasteiger partial charge is 0.382 e. The number of methoxy groups -OCH3 is 1. The minimum Gasteiger partial charge on any atom is -0.382 e. The molecule has 1 aliphatic heterocycles. The Hall–Kier alpha value is -2.59. The molecule has 0 bridgehead atoms. The predicted molar refractivity (Wildman–Crippen MR) is 136 cm³/mol. The van der Waals surface area contributed by atoms with Gasteiger partial charge in [0.05, 0.1) is 25.5 Å². The summed E-state index contributed by atoms with van der Waals surface area (Å²) in [6, 6.07) is 7.86. The van der Waals surface area contributed by atoms with Crippen molar-refractivity contribution in [3.63, 3.8) is 0 Å².